The van der Waals surface area contributed by atoms with Crippen LogP contribution in [0.1, 0.15) is 22.7 Å². The Morgan fingerprint density at radius 3 is 2.47 bits per heavy atom. The van der Waals surface area contributed by atoms with Crippen molar-refractivity contribution in [3.8, 4) is 0 Å². The van der Waals surface area contributed by atoms with Gasteiger partial charge in [0.05, 0.1) is 0 Å². The molecule has 0 amide bonds. The Morgan fingerprint density at radius 2 is 1.84 bits per heavy atom. The summed E-state index contributed by atoms with van der Waals surface area (Å²) in [6.07, 6.45) is 0.804. The average Bonchev–Trinajstić information content (AvgIpc) is 2.42. The van der Waals surface area contributed by atoms with E-state index in [1.54, 1.807) is 0 Å². The quantitative estimate of drug-likeness (QED) is 0.879. The molecule has 0 aliphatic carbocycles. The van der Waals surface area contributed by atoms with Crippen LogP contribution >= 0.6 is 11.6 Å². The van der Waals surface area contributed by atoms with Crippen LogP contribution in [0, 0.1) is 12.7 Å². The van der Waals surface area contributed by atoms with Crippen LogP contribution in [0.25, 0.3) is 0 Å². The average molecular weight is 278 g/mol. The van der Waals surface area contributed by atoms with Gasteiger partial charge >= 0.3 is 0 Å². The number of halogens is 2. The predicted molar refractivity (Wildman–Crippen MR) is 78.1 cm³/mol. The van der Waals surface area contributed by atoms with Crippen LogP contribution in [-0.4, -0.2) is 7.05 Å². The number of hydrogen-bond donors (Lipinski definition) is 1. The predicted octanol–water partition coefficient (Wildman–Crippen LogP) is 4.29. The van der Waals surface area contributed by atoms with E-state index >= 15 is 0 Å². The molecule has 0 aliphatic rings. The zero-order valence-electron chi connectivity index (χ0n) is 11.1. The van der Waals surface area contributed by atoms with Crippen molar-refractivity contribution >= 4 is 11.6 Å². The molecule has 2 aromatic carbocycles. The van der Waals surface area contributed by atoms with E-state index in [0.29, 0.717) is 0 Å². The van der Waals surface area contributed by atoms with E-state index in [1.165, 1.54) is 17.7 Å². The highest BCUT2D eigenvalue weighted by molar-refractivity contribution is 6.31. The molecule has 0 saturated heterocycles. The summed E-state index contributed by atoms with van der Waals surface area (Å²) in [5.41, 5.74) is 3.37. The summed E-state index contributed by atoms with van der Waals surface area (Å²) in [5, 5.41) is 4.07. The van der Waals surface area contributed by atoms with Gasteiger partial charge in [-0.1, -0.05) is 35.9 Å². The molecule has 0 aromatic heterocycles. The molecule has 0 heterocycles. The van der Waals surface area contributed by atoms with Crippen molar-refractivity contribution in [1.82, 2.24) is 5.32 Å². The maximum absolute atomic E-state index is 12.9. The lowest BCUT2D eigenvalue weighted by Crippen LogP contribution is -2.19. The van der Waals surface area contributed by atoms with E-state index in [1.807, 2.05) is 38.2 Å². The number of rotatable bonds is 4. The first-order valence-corrected chi connectivity index (χ1v) is 6.66. The molecule has 1 unspecified atom stereocenters. The number of nitrogens with one attached hydrogen (secondary N) is 1. The highest BCUT2D eigenvalue weighted by Gasteiger charge is 2.13. The molecule has 1 N–H and O–H groups in total. The van der Waals surface area contributed by atoms with Gasteiger partial charge in [-0.3, -0.25) is 0 Å². The van der Waals surface area contributed by atoms with Crippen LogP contribution in [0.3, 0.4) is 0 Å². The van der Waals surface area contributed by atoms with Crippen LogP contribution in [-0.2, 0) is 6.42 Å². The molecule has 0 bridgehead atoms. The SMILES string of the molecule is CNC(Cc1ccc(F)cc1)c1cccc(Cl)c1C. The van der Waals surface area contributed by atoms with Crippen molar-refractivity contribution < 1.29 is 4.39 Å². The van der Waals surface area contributed by atoms with Crippen LogP contribution in [0.4, 0.5) is 4.39 Å². The lowest BCUT2D eigenvalue weighted by molar-refractivity contribution is 0.586. The second-order valence-corrected chi connectivity index (χ2v) is 5.03. The molecule has 2 rings (SSSR count). The summed E-state index contributed by atoms with van der Waals surface area (Å²) in [4.78, 5) is 0. The molecule has 0 radical (unpaired) electrons. The highest BCUT2D eigenvalue weighted by Crippen LogP contribution is 2.26. The number of benzene rings is 2. The van der Waals surface area contributed by atoms with Crippen molar-refractivity contribution in [2.75, 3.05) is 7.05 Å². The summed E-state index contributed by atoms with van der Waals surface area (Å²) in [5.74, 6) is -0.205. The first kappa shape index (κ1) is 14.0. The van der Waals surface area contributed by atoms with Crippen molar-refractivity contribution in [2.24, 2.45) is 0 Å². The molecule has 1 nitrogen and oxygen atoms in total. The molecule has 3 heteroatoms. The van der Waals surface area contributed by atoms with Crippen molar-refractivity contribution in [1.29, 1.82) is 0 Å². The molecule has 100 valence electrons. The fourth-order valence-electron chi connectivity index (χ4n) is 2.23. The second-order valence-electron chi connectivity index (χ2n) is 4.63. The van der Waals surface area contributed by atoms with Crippen LogP contribution in [0.5, 0.6) is 0 Å². The normalized spacial score (nSPS) is 12.4. The van der Waals surface area contributed by atoms with Gasteiger partial charge in [0, 0.05) is 11.1 Å². The molecular formula is C16H17ClFN. The summed E-state index contributed by atoms with van der Waals surface area (Å²) in [6.45, 7) is 2.02. The van der Waals surface area contributed by atoms with Gasteiger partial charge in [-0.15, -0.1) is 0 Å². The largest absolute Gasteiger partial charge is 0.313 e. The molecule has 2 aromatic rings. The van der Waals surface area contributed by atoms with Crippen LogP contribution in [0.15, 0.2) is 42.5 Å². The maximum Gasteiger partial charge on any atom is 0.123 e. The van der Waals surface area contributed by atoms with Gasteiger partial charge in [0.15, 0.2) is 0 Å². The maximum atomic E-state index is 12.9. The van der Waals surface area contributed by atoms with E-state index in [-0.39, 0.29) is 11.9 Å². The second kappa shape index (κ2) is 6.18. The smallest absolute Gasteiger partial charge is 0.123 e. The van der Waals surface area contributed by atoms with Gasteiger partial charge in [-0.2, -0.15) is 0 Å². The van der Waals surface area contributed by atoms with Gasteiger partial charge in [-0.25, -0.2) is 4.39 Å². The van der Waals surface area contributed by atoms with Gasteiger partial charge < -0.3 is 5.32 Å². The lowest BCUT2D eigenvalue weighted by Gasteiger charge is -2.19. The molecule has 19 heavy (non-hydrogen) atoms. The molecule has 1 atom stereocenters. The third-order valence-corrected chi connectivity index (χ3v) is 3.80. The first-order valence-electron chi connectivity index (χ1n) is 6.28. The Balaban J connectivity index is 2.25. The monoisotopic (exact) mass is 277 g/mol. The summed E-state index contributed by atoms with van der Waals surface area (Å²) in [6, 6.07) is 12.7. The fraction of sp³-hybridized carbons (Fsp3) is 0.250. The van der Waals surface area contributed by atoms with E-state index in [4.69, 9.17) is 11.6 Å². The zero-order chi connectivity index (χ0) is 13.8. The van der Waals surface area contributed by atoms with E-state index in [2.05, 4.69) is 11.4 Å². The van der Waals surface area contributed by atoms with E-state index in [0.717, 1.165) is 22.6 Å². The van der Waals surface area contributed by atoms with Crippen LogP contribution < -0.4 is 5.32 Å². The Kier molecular flexibility index (Phi) is 4.56. The lowest BCUT2D eigenvalue weighted by atomic mass is 9.95. The summed E-state index contributed by atoms with van der Waals surface area (Å²) >= 11 is 6.16. The number of hydrogen-bond acceptors (Lipinski definition) is 1. The van der Waals surface area contributed by atoms with Crippen molar-refractivity contribution in [3.05, 3.63) is 70.0 Å². The topological polar surface area (TPSA) is 12.0 Å². The third kappa shape index (κ3) is 3.34. The van der Waals surface area contributed by atoms with Gasteiger partial charge in [-0.05, 0) is 55.3 Å². The first-order chi connectivity index (χ1) is 9.11. The Hall–Kier alpha value is -1.38. The van der Waals surface area contributed by atoms with Crippen molar-refractivity contribution in [3.63, 3.8) is 0 Å². The highest BCUT2D eigenvalue weighted by atomic mass is 35.5. The standard InChI is InChI=1S/C16H17ClFN/c1-11-14(4-3-5-15(11)17)16(19-2)10-12-6-8-13(18)9-7-12/h3-9,16,19H,10H2,1-2H3. The minimum absolute atomic E-state index is 0.171. The fourth-order valence-corrected chi connectivity index (χ4v) is 2.41. The minimum Gasteiger partial charge on any atom is -0.313 e. The van der Waals surface area contributed by atoms with E-state index in [9.17, 15) is 4.39 Å². The van der Waals surface area contributed by atoms with Crippen molar-refractivity contribution in [2.45, 2.75) is 19.4 Å². The summed E-state index contributed by atoms with van der Waals surface area (Å²) in [7, 11) is 1.93. The number of likely N-dealkylation sites (N-methyl/N-ethyl adjacent to an activating group) is 1. The molecule has 0 spiro atoms. The van der Waals surface area contributed by atoms with Crippen LogP contribution in [0.2, 0.25) is 5.02 Å². The zero-order valence-corrected chi connectivity index (χ0v) is 11.8. The van der Waals surface area contributed by atoms with Gasteiger partial charge in [0.2, 0.25) is 0 Å². The molecular weight excluding hydrogens is 261 g/mol. The van der Waals surface area contributed by atoms with Gasteiger partial charge in [0.1, 0.15) is 5.82 Å². The molecule has 0 fully saturated rings. The third-order valence-electron chi connectivity index (χ3n) is 3.39. The minimum atomic E-state index is -0.205. The summed E-state index contributed by atoms with van der Waals surface area (Å²) < 4.78 is 12.9. The molecule has 0 saturated carbocycles. The van der Waals surface area contributed by atoms with Gasteiger partial charge in [0.25, 0.3) is 0 Å². The Morgan fingerprint density at radius 1 is 1.16 bits per heavy atom. The Labute approximate surface area is 118 Å². The van der Waals surface area contributed by atoms with E-state index < -0.39 is 0 Å². The molecule has 0 aliphatic heterocycles. The Bertz CT molecular complexity index is 551.